The standard InChI is InChI=1S/C14H9ClFN3/c15-11-2-1-3-13(8-11)19-9-14(17-18-19)10-4-6-12(16)7-5-10/h1-9H. The first-order valence-corrected chi connectivity index (χ1v) is 6.04. The lowest BCUT2D eigenvalue weighted by Gasteiger charge is -1.99. The van der Waals surface area contributed by atoms with Gasteiger partial charge in [-0.25, -0.2) is 9.07 Å². The van der Waals surface area contributed by atoms with Gasteiger partial charge in [-0.2, -0.15) is 0 Å². The molecule has 0 aliphatic heterocycles. The summed E-state index contributed by atoms with van der Waals surface area (Å²) < 4.78 is 14.5. The van der Waals surface area contributed by atoms with E-state index in [-0.39, 0.29) is 5.82 Å². The Morgan fingerprint density at radius 3 is 2.58 bits per heavy atom. The fourth-order valence-electron chi connectivity index (χ4n) is 1.76. The topological polar surface area (TPSA) is 30.7 Å². The van der Waals surface area contributed by atoms with Crippen LogP contribution in [0.3, 0.4) is 0 Å². The van der Waals surface area contributed by atoms with E-state index in [0.717, 1.165) is 11.3 Å². The van der Waals surface area contributed by atoms with Crippen LogP contribution in [0.4, 0.5) is 4.39 Å². The molecule has 0 aliphatic carbocycles. The molecule has 0 aliphatic rings. The van der Waals surface area contributed by atoms with Crippen LogP contribution in [0.15, 0.2) is 54.7 Å². The van der Waals surface area contributed by atoms with Gasteiger partial charge in [-0.3, -0.25) is 0 Å². The number of aromatic nitrogens is 3. The molecule has 1 aromatic heterocycles. The van der Waals surface area contributed by atoms with E-state index in [9.17, 15) is 4.39 Å². The summed E-state index contributed by atoms with van der Waals surface area (Å²) in [5.41, 5.74) is 2.32. The molecule has 5 heteroatoms. The fourth-order valence-corrected chi connectivity index (χ4v) is 1.95. The minimum atomic E-state index is -0.272. The van der Waals surface area contributed by atoms with Gasteiger partial charge in [0.25, 0.3) is 0 Å². The molecule has 19 heavy (non-hydrogen) atoms. The van der Waals surface area contributed by atoms with E-state index < -0.39 is 0 Å². The van der Waals surface area contributed by atoms with Crippen LogP contribution in [0.25, 0.3) is 16.9 Å². The van der Waals surface area contributed by atoms with Gasteiger partial charge in [-0.1, -0.05) is 22.9 Å². The van der Waals surface area contributed by atoms with Crippen molar-refractivity contribution in [3.05, 3.63) is 65.6 Å². The molecular weight excluding hydrogens is 265 g/mol. The maximum absolute atomic E-state index is 12.9. The number of halogens is 2. The first-order valence-electron chi connectivity index (χ1n) is 5.66. The highest BCUT2D eigenvalue weighted by Crippen LogP contribution is 2.19. The first kappa shape index (κ1) is 11.9. The Hall–Kier alpha value is -2.20. The molecule has 0 saturated heterocycles. The molecule has 3 aromatic rings. The van der Waals surface area contributed by atoms with Crippen molar-refractivity contribution in [2.75, 3.05) is 0 Å². The molecule has 0 fully saturated rings. The zero-order valence-corrected chi connectivity index (χ0v) is 10.5. The van der Waals surface area contributed by atoms with Crippen LogP contribution in [0.1, 0.15) is 0 Å². The van der Waals surface area contributed by atoms with Crippen molar-refractivity contribution < 1.29 is 4.39 Å². The minimum absolute atomic E-state index is 0.272. The average molecular weight is 274 g/mol. The molecule has 0 unspecified atom stereocenters. The Bertz CT molecular complexity index is 707. The van der Waals surface area contributed by atoms with E-state index in [1.165, 1.54) is 12.1 Å². The molecule has 0 spiro atoms. The predicted molar refractivity (Wildman–Crippen MR) is 71.8 cm³/mol. The Morgan fingerprint density at radius 2 is 1.84 bits per heavy atom. The van der Waals surface area contributed by atoms with Gasteiger partial charge in [-0.15, -0.1) is 5.10 Å². The smallest absolute Gasteiger partial charge is 0.123 e. The van der Waals surface area contributed by atoms with Crippen LogP contribution in [0, 0.1) is 5.82 Å². The van der Waals surface area contributed by atoms with E-state index in [1.54, 1.807) is 35.1 Å². The molecule has 0 atom stereocenters. The summed E-state index contributed by atoms with van der Waals surface area (Å²) in [6.07, 6.45) is 1.78. The molecular formula is C14H9ClFN3. The van der Waals surface area contributed by atoms with E-state index in [4.69, 9.17) is 11.6 Å². The third-order valence-corrected chi connectivity index (χ3v) is 2.94. The largest absolute Gasteiger partial charge is 0.220 e. The lowest BCUT2D eigenvalue weighted by molar-refractivity contribution is 0.628. The van der Waals surface area contributed by atoms with Crippen LogP contribution in [-0.4, -0.2) is 15.0 Å². The van der Waals surface area contributed by atoms with Crippen molar-refractivity contribution in [1.82, 2.24) is 15.0 Å². The van der Waals surface area contributed by atoms with Crippen molar-refractivity contribution >= 4 is 11.6 Å². The molecule has 2 aromatic carbocycles. The van der Waals surface area contributed by atoms with Crippen LogP contribution in [0.5, 0.6) is 0 Å². The minimum Gasteiger partial charge on any atom is -0.220 e. The normalized spacial score (nSPS) is 10.6. The predicted octanol–water partition coefficient (Wildman–Crippen LogP) is 3.73. The molecule has 0 bridgehead atoms. The van der Waals surface area contributed by atoms with Crippen molar-refractivity contribution in [3.63, 3.8) is 0 Å². The number of benzene rings is 2. The van der Waals surface area contributed by atoms with Crippen LogP contribution >= 0.6 is 11.6 Å². The Balaban J connectivity index is 1.97. The summed E-state index contributed by atoms with van der Waals surface area (Å²) in [7, 11) is 0. The monoisotopic (exact) mass is 273 g/mol. The fraction of sp³-hybridized carbons (Fsp3) is 0. The van der Waals surface area contributed by atoms with Gasteiger partial charge >= 0.3 is 0 Å². The summed E-state index contributed by atoms with van der Waals surface area (Å²) in [6, 6.07) is 13.4. The number of hydrogen-bond donors (Lipinski definition) is 0. The van der Waals surface area contributed by atoms with E-state index in [2.05, 4.69) is 10.3 Å². The second-order valence-electron chi connectivity index (χ2n) is 4.04. The maximum Gasteiger partial charge on any atom is 0.123 e. The highest BCUT2D eigenvalue weighted by molar-refractivity contribution is 6.30. The van der Waals surface area contributed by atoms with Gasteiger partial charge in [0.2, 0.25) is 0 Å². The zero-order valence-electron chi connectivity index (χ0n) is 9.79. The van der Waals surface area contributed by atoms with Crippen molar-refractivity contribution in [2.45, 2.75) is 0 Å². The molecule has 0 saturated carbocycles. The number of rotatable bonds is 2. The molecule has 3 rings (SSSR count). The quantitative estimate of drug-likeness (QED) is 0.712. The van der Waals surface area contributed by atoms with Crippen LogP contribution < -0.4 is 0 Å². The lowest BCUT2D eigenvalue weighted by atomic mass is 10.2. The van der Waals surface area contributed by atoms with Crippen LogP contribution in [-0.2, 0) is 0 Å². The highest BCUT2D eigenvalue weighted by atomic mass is 35.5. The summed E-state index contributed by atoms with van der Waals surface area (Å²) in [6.45, 7) is 0. The molecule has 1 heterocycles. The average Bonchev–Trinajstić information content (AvgIpc) is 2.89. The number of nitrogens with zero attached hydrogens (tertiary/aromatic N) is 3. The third-order valence-electron chi connectivity index (χ3n) is 2.71. The summed E-state index contributed by atoms with van der Waals surface area (Å²) >= 11 is 5.93. The first-order chi connectivity index (χ1) is 9.22. The number of hydrogen-bond acceptors (Lipinski definition) is 2. The molecule has 0 N–H and O–H groups in total. The molecule has 0 radical (unpaired) electrons. The van der Waals surface area contributed by atoms with Crippen LogP contribution in [0.2, 0.25) is 5.02 Å². The second-order valence-corrected chi connectivity index (χ2v) is 4.47. The van der Waals surface area contributed by atoms with Crippen molar-refractivity contribution in [3.8, 4) is 16.9 Å². The van der Waals surface area contributed by atoms with Gasteiger partial charge in [0.1, 0.15) is 11.5 Å². The van der Waals surface area contributed by atoms with Gasteiger partial charge in [0.05, 0.1) is 11.9 Å². The zero-order chi connectivity index (χ0) is 13.2. The van der Waals surface area contributed by atoms with E-state index in [0.29, 0.717) is 10.7 Å². The van der Waals surface area contributed by atoms with Gasteiger partial charge in [-0.05, 0) is 42.5 Å². The highest BCUT2D eigenvalue weighted by Gasteiger charge is 2.05. The third kappa shape index (κ3) is 2.48. The van der Waals surface area contributed by atoms with Crippen molar-refractivity contribution in [2.24, 2.45) is 0 Å². The van der Waals surface area contributed by atoms with E-state index in [1.807, 2.05) is 12.1 Å². The van der Waals surface area contributed by atoms with E-state index >= 15 is 0 Å². The van der Waals surface area contributed by atoms with Gasteiger partial charge < -0.3 is 0 Å². The molecule has 94 valence electrons. The maximum atomic E-state index is 12.9. The molecule has 0 amide bonds. The Kier molecular flexibility index (Phi) is 3.01. The van der Waals surface area contributed by atoms with Crippen molar-refractivity contribution in [1.29, 1.82) is 0 Å². The van der Waals surface area contributed by atoms with Gasteiger partial charge in [0, 0.05) is 10.6 Å². The Labute approximate surface area is 114 Å². The molecule has 3 nitrogen and oxygen atoms in total. The second kappa shape index (κ2) is 4.82. The van der Waals surface area contributed by atoms with Gasteiger partial charge in [0.15, 0.2) is 0 Å². The summed E-state index contributed by atoms with van der Waals surface area (Å²) in [5.74, 6) is -0.272. The Morgan fingerprint density at radius 1 is 1.05 bits per heavy atom. The summed E-state index contributed by atoms with van der Waals surface area (Å²) in [5, 5.41) is 8.75. The summed E-state index contributed by atoms with van der Waals surface area (Å²) in [4.78, 5) is 0. The lowest BCUT2D eigenvalue weighted by Crippen LogP contribution is -1.93. The SMILES string of the molecule is Fc1ccc(-c2cn(-c3cccc(Cl)c3)nn2)cc1.